The van der Waals surface area contributed by atoms with Gasteiger partial charge in [0.15, 0.2) is 12.4 Å². The second-order valence-corrected chi connectivity index (χ2v) is 22.4. The van der Waals surface area contributed by atoms with Crippen molar-refractivity contribution in [3.05, 3.63) is 0 Å². The van der Waals surface area contributed by atoms with E-state index in [0.717, 1.165) is 70.6 Å². The highest BCUT2D eigenvalue weighted by Gasteiger charge is 2.52. The topological polar surface area (TPSA) is 274 Å². The number of carbonyl (C=O) groups excluding carboxylic acids is 3. The van der Waals surface area contributed by atoms with Gasteiger partial charge in [-0.15, -0.1) is 0 Å². The first-order chi connectivity index (χ1) is 34.5. The molecule has 0 bridgehead atoms. The molecule has 1 fully saturated rings. The van der Waals surface area contributed by atoms with Crippen molar-refractivity contribution in [2.24, 2.45) is 0 Å². The van der Waals surface area contributed by atoms with Gasteiger partial charge >= 0.3 is 27.6 Å². The third-order valence-electron chi connectivity index (χ3n) is 13.1. The van der Waals surface area contributed by atoms with Crippen molar-refractivity contribution < 1.29 is 81.3 Å². The SMILES string of the molecule is CCCCCCCCCCCCCC(=O)O[C@H](CCCCCCCCCCC)CC(=O)O[C@@H]1[C@@H](NC(=O)C[C@H](O)CCCCCCCCCCC)[C@H](OCCCCOP(=O)(O)O)O[C@H](CO)[C@H]1OP(=O)(O)O. The molecule has 0 aromatic carbocycles. The number of amides is 1. The van der Waals surface area contributed by atoms with Crippen molar-refractivity contribution in [3.63, 3.8) is 0 Å². The Hall–Kier alpha value is -1.53. The molecule has 426 valence electrons. The molecule has 0 aromatic heterocycles. The van der Waals surface area contributed by atoms with Crippen LogP contribution in [0, 0.1) is 0 Å². The zero-order valence-electron chi connectivity index (χ0n) is 44.7. The normalized spacial score (nSPS) is 19.3. The van der Waals surface area contributed by atoms with Crippen molar-refractivity contribution in [3.8, 4) is 0 Å². The van der Waals surface area contributed by atoms with Crippen LogP contribution in [-0.4, -0.2) is 110 Å². The predicted octanol–water partition coefficient (Wildman–Crippen LogP) is 11.1. The molecule has 7 atom stereocenters. The minimum Gasteiger partial charge on any atom is -0.462 e. The Morgan fingerprint density at radius 1 is 0.556 bits per heavy atom. The van der Waals surface area contributed by atoms with Gasteiger partial charge in [-0.3, -0.25) is 23.4 Å². The predicted molar refractivity (Wildman–Crippen MR) is 278 cm³/mol. The van der Waals surface area contributed by atoms with Crippen LogP contribution in [0.4, 0.5) is 0 Å². The lowest BCUT2D eigenvalue weighted by Gasteiger charge is -2.45. The average Bonchev–Trinajstić information content (AvgIpc) is 3.31. The highest BCUT2D eigenvalue weighted by atomic mass is 31.2. The fourth-order valence-electron chi connectivity index (χ4n) is 9.06. The lowest BCUT2D eigenvalue weighted by atomic mass is 9.96. The smallest absolute Gasteiger partial charge is 0.462 e. The Bertz CT molecular complexity index is 1450. The minimum absolute atomic E-state index is 0.129. The lowest BCUT2D eigenvalue weighted by molar-refractivity contribution is -0.271. The van der Waals surface area contributed by atoms with E-state index in [-0.39, 0.29) is 38.9 Å². The third kappa shape index (κ3) is 38.1. The van der Waals surface area contributed by atoms with E-state index in [4.69, 9.17) is 33.3 Å². The Morgan fingerprint density at radius 3 is 1.49 bits per heavy atom. The van der Waals surface area contributed by atoms with Crippen molar-refractivity contribution in [2.75, 3.05) is 19.8 Å². The average molecular weight is 1070 g/mol. The van der Waals surface area contributed by atoms with Crippen LogP contribution in [0.1, 0.15) is 252 Å². The molecule has 7 N–H and O–H groups in total. The standard InChI is InChI=1S/C52H101NO17P2/c1-4-7-10-13-16-19-20-23-26-29-32-37-47(57)67-44(36-31-28-25-22-18-15-12-9-6-3)41-48(58)69-51-49(53-46(56)40-43(55)35-30-27-24-21-17-14-11-8-5-2)52(65-38-33-34-39-66-71(59,60)61)68-45(42-54)50(51)70-72(62,63)64/h43-45,49-52,54-55H,4-42H2,1-3H3,(H,53,56)(H2,59,60,61)(H2,62,63,64)/t43-,44-,45-,49-,50-,51-,52-/m1/s1. The largest absolute Gasteiger partial charge is 0.470 e. The summed E-state index contributed by atoms with van der Waals surface area (Å²) >= 11 is 0. The molecule has 1 saturated heterocycles. The number of phosphoric ester groups is 2. The van der Waals surface area contributed by atoms with Crippen molar-refractivity contribution >= 4 is 33.5 Å². The number of aliphatic hydroxyl groups excluding tert-OH is 2. The van der Waals surface area contributed by atoms with Gasteiger partial charge in [0.25, 0.3) is 0 Å². The number of unbranched alkanes of at least 4 members (excludes halogenated alkanes) is 27. The summed E-state index contributed by atoms with van der Waals surface area (Å²) in [4.78, 5) is 79.2. The number of aliphatic hydroxyl groups is 2. The van der Waals surface area contributed by atoms with Crippen molar-refractivity contribution in [1.29, 1.82) is 0 Å². The number of carbonyl (C=O) groups is 3. The Morgan fingerprint density at radius 2 is 1.01 bits per heavy atom. The zero-order chi connectivity index (χ0) is 53.3. The number of hydrogen-bond donors (Lipinski definition) is 7. The number of ether oxygens (including phenoxy) is 4. The van der Waals surface area contributed by atoms with E-state index in [1.54, 1.807) is 0 Å². The van der Waals surface area contributed by atoms with E-state index >= 15 is 0 Å². The van der Waals surface area contributed by atoms with Gasteiger partial charge in [-0.2, -0.15) is 0 Å². The van der Waals surface area contributed by atoms with Gasteiger partial charge in [-0.25, -0.2) is 9.13 Å². The van der Waals surface area contributed by atoms with Gasteiger partial charge in [-0.05, 0) is 38.5 Å². The summed E-state index contributed by atoms with van der Waals surface area (Å²) in [6, 6.07) is -1.51. The molecular formula is C52H101NO17P2. The van der Waals surface area contributed by atoms with E-state index in [9.17, 15) is 43.5 Å². The molecule has 0 saturated carbocycles. The molecule has 1 heterocycles. The summed E-state index contributed by atoms with van der Waals surface area (Å²) < 4.78 is 57.0. The number of phosphoric acid groups is 2. The van der Waals surface area contributed by atoms with Crippen LogP contribution in [0.15, 0.2) is 0 Å². The molecule has 1 aliphatic heterocycles. The summed E-state index contributed by atoms with van der Waals surface area (Å²) in [6.07, 6.45) is 23.3. The van der Waals surface area contributed by atoms with E-state index in [0.29, 0.717) is 32.1 Å². The number of hydrogen-bond acceptors (Lipinski definition) is 13. The van der Waals surface area contributed by atoms with Crippen LogP contribution in [0.3, 0.4) is 0 Å². The number of rotatable bonds is 49. The number of nitrogens with one attached hydrogen (secondary N) is 1. The Kier molecular flexibility index (Phi) is 41.4. The summed E-state index contributed by atoms with van der Waals surface area (Å²) in [7, 11) is -10.1. The molecule has 1 amide bonds. The van der Waals surface area contributed by atoms with Crippen LogP contribution in [0.5, 0.6) is 0 Å². The summed E-state index contributed by atoms with van der Waals surface area (Å²) in [6.45, 7) is 5.22. The highest BCUT2D eigenvalue weighted by molar-refractivity contribution is 7.46. The fraction of sp³-hybridized carbons (Fsp3) is 0.942. The van der Waals surface area contributed by atoms with Gasteiger partial charge < -0.3 is 54.1 Å². The quantitative estimate of drug-likeness (QED) is 0.0169. The van der Waals surface area contributed by atoms with Crippen molar-refractivity contribution in [2.45, 2.75) is 295 Å². The van der Waals surface area contributed by atoms with Gasteiger partial charge in [0.05, 0.1) is 32.2 Å². The zero-order valence-corrected chi connectivity index (χ0v) is 46.5. The molecule has 20 heteroatoms. The molecule has 0 unspecified atom stereocenters. The van der Waals surface area contributed by atoms with Gasteiger partial charge in [0, 0.05) is 13.0 Å². The van der Waals surface area contributed by atoms with Gasteiger partial charge in [0.1, 0.15) is 24.4 Å². The molecule has 1 rings (SSSR count). The van der Waals surface area contributed by atoms with E-state index in [1.165, 1.54) is 96.3 Å². The van der Waals surface area contributed by atoms with Crippen LogP contribution < -0.4 is 5.32 Å². The molecule has 72 heavy (non-hydrogen) atoms. The molecule has 0 radical (unpaired) electrons. The van der Waals surface area contributed by atoms with E-state index in [2.05, 4.69) is 30.6 Å². The summed E-state index contributed by atoms with van der Waals surface area (Å²) in [5.41, 5.74) is 0. The first-order valence-corrected chi connectivity index (χ1v) is 31.3. The monoisotopic (exact) mass is 1070 g/mol. The fourth-order valence-corrected chi connectivity index (χ4v) is 10.00. The van der Waals surface area contributed by atoms with Crippen LogP contribution in [-0.2, 0) is 51.5 Å². The maximum Gasteiger partial charge on any atom is 0.470 e. The maximum atomic E-state index is 14.1. The first kappa shape index (κ1) is 68.5. The second kappa shape index (κ2) is 43.6. The molecule has 0 aromatic rings. The Balaban J connectivity index is 3.24. The second-order valence-electron chi connectivity index (χ2n) is 19.9. The summed E-state index contributed by atoms with van der Waals surface area (Å²) in [5, 5.41) is 24.0. The molecule has 0 aliphatic carbocycles. The van der Waals surface area contributed by atoms with E-state index < -0.39 is 89.4 Å². The molecule has 1 aliphatic rings. The van der Waals surface area contributed by atoms with E-state index in [1.807, 2.05) is 0 Å². The maximum absolute atomic E-state index is 14.1. The van der Waals surface area contributed by atoms with Crippen molar-refractivity contribution in [1.82, 2.24) is 5.32 Å². The lowest BCUT2D eigenvalue weighted by Crippen LogP contribution is -2.66. The van der Waals surface area contributed by atoms with Crippen LogP contribution in [0.25, 0.3) is 0 Å². The molecule has 18 nitrogen and oxygen atoms in total. The minimum atomic E-state index is -5.37. The Labute approximate surface area is 433 Å². The van der Waals surface area contributed by atoms with Crippen LogP contribution in [0.2, 0.25) is 0 Å². The highest BCUT2D eigenvalue weighted by Crippen LogP contribution is 2.42. The molecule has 0 spiro atoms. The van der Waals surface area contributed by atoms with Crippen LogP contribution >= 0.6 is 15.6 Å². The third-order valence-corrected chi connectivity index (χ3v) is 14.2. The van der Waals surface area contributed by atoms with Gasteiger partial charge in [0.2, 0.25) is 5.91 Å². The number of esters is 2. The molecular weight excluding hydrogens is 973 g/mol. The first-order valence-electron chi connectivity index (χ1n) is 28.2. The summed E-state index contributed by atoms with van der Waals surface area (Å²) in [5.74, 6) is -2.09. The van der Waals surface area contributed by atoms with Gasteiger partial charge in [-0.1, -0.05) is 194 Å².